The molecule has 2 rings (SSSR count). The van der Waals surface area contributed by atoms with Gasteiger partial charge in [-0.15, -0.1) is 0 Å². The average Bonchev–Trinajstić information content (AvgIpc) is 2.85. The van der Waals surface area contributed by atoms with E-state index in [4.69, 9.17) is 4.74 Å². The molecule has 1 heterocycles. The van der Waals surface area contributed by atoms with Crippen molar-refractivity contribution in [3.63, 3.8) is 0 Å². The highest BCUT2D eigenvalue weighted by Crippen LogP contribution is 2.34. The molecule has 0 saturated carbocycles. The Morgan fingerprint density at radius 1 is 1.32 bits per heavy atom. The lowest BCUT2D eigenvalue weighted by atomic mass is 9.91. The van der Waals surface area contributed by atoms with Crippen LogP contribution < -0.4 is 25.4 Å². The minimum atomic E-state index is -3.79. The lowest BCUT2D eigenvalue weighted by molar-refractivity contribution is -0.123. The molecule has 0 radical (unpaired) electrons. The number of hydrogen-bond acceptors (Lipinski definition) is 6. The van der Waals surface area contributed by atoms with E-state index < -0.39 is 27.5 Å². The predicted molar refractivity (Wildman–Crippen MR) is 90.7 cm³/mol. The quantitative estimate of drug-likeness (QED) is 0.486. The summed E-state index contributed by atoms with van der Waals surface area (Å²) in [6.45, 7) is 3.52. The largest absolute Gasteiger partial charge is 0.496 e. The molecule has 1 aliphatic heterocycles. The van der Waals surface area contributed by atoms with Gasteiger partial charge in [-0.05, 0) is 39.1 Å². The maximum absolute atomic E-state index is 12.5. The van der Waals surface area contributed by atoms with Crippen LogP contribution >= 0.6 is 0 Å². The van der Waals surface area contributed by atoms with Crippen LogP contribution in [0.1, 0.15) is 19.4 Å². The van der Waals surface area contributed by atoms with Gasteiger partial charge in [0, 0.05) is 18.2 Å². The number of benzene rings is 1. The molecule has 2 atom stereocenters. The maximum Gasteiger partial charge on any atom is 0.322 e. The number of imide groups is 1. The smallest absolute Gasteiger partial charge is 0.322 e. The molecule has 1 fully saturated rings. The van der Waals surface area contributed by atoms with Crippen LogP contribution in [0.3, 0.4) is 0 Å². The van der Waals surface area contributed by atoms with E-state index in [2.05, 4.69) is 20.7 Å². The highest BCUT2D eigenvalue weighted by molar-refractivity contribution is 7.89. The molecular formula is C15H22N4O5S. The summed E-state index contributed by atoms with van der Waals surface area (Å²) >= 11 is 0. The van der Waals surface area contributed by atoms with Crippen molar-refractivity contribution in [2.75, 3.05) is 20.7 Å². The predicted octanol–water partition coefficient (Wildman–Crippen LogP) is -0.364. The number of nitrogens with one attached hydrogen (secondary N) is 4. The van der Waals surface area contributed by atoms with Crippen molar-refractivity contribution in [1.82, 2.24) is 20.7 Å². The van der Waals surface area contributed by atoms with Crippen molar-refractivity contribution >= 4 is 22.0 Å². The fourth-order valence-corrected chi connectivity index (χ4v) is 3.55. The van der Waals surface area contributed by atoms with Gasteiger partial charge in [0.1, 0.15) is 11.3 Å². The molecule has 0 bridgehead atoms. The Morgan fingerprint density at radius 2 is 2.00 bits per heavy atom. The number of sulfonamides is 1. The zero-order valence-electron chi connectivity index (χ0n) is 14.5. The van der Waals surface area contributed by atoms with Crippen LogP contribution in [0.4, 0.5) is 4.79 Å². The molecule has 1 aromatic carbocycles. The van der Waals surface area contributed by atoms with E-state index in [1.165, 1.54) is 32.2 Å². The minimum absolute atomic E-state index is 0.0261. The number of rotatable bonds is 7. The molecule has 1 aromatic rings. The van der Waals surface area contributed by atoms with E-state index in [1.54, 1.807) is 7.05 Å². The standard InChI is InChI=1S/C15H22N4O5S/c1-9(16-3)8-17-25(22,23)10-5-6-12(24-4)11(7-10)15(2)13(20)18-14(21)19-15/h5-7,9,16-17H,8H2,1-4H3,(H2,18,19,20,21). The highest BCUT2D eigenvalue weighted by atomic mass is 32.2. The molecule has 138 valence electrons. The third kappa shape index (κ3) is 3.75. The molecule has 2 unspecified atom stereocenters. The van der Waals surface area contributed by atoms with Gasteiger partial charge in [-0.2, -0.15) is 0 Å². The van der Waals surface area contributed by atoms with Gasteiger partial charge in [0.2, 0.25) is 10.0 Å². The minimum Gasteiger partial charge on any atom is -0.496 e. The van der Waals surface area contributed by atoms with Crippen LogP contribution in [0.25, 0.3) is 0 Å². The molecule has 4 N–H and O–H groups in total. The Hall–Kier alpha value is -2.17. The topological polar surface area (TPSA) is 126 Å². The van der Waals surface area contributed by atoms with Crippen molar-refractivity contribution in [2.45, 2.75) is 30.3 Å². The lowest BCUT2D eigenvalue weighted by Crippen LogP contribution is -2.41. The molecule has 10 heteroatoms. The van der Waals surface area contributed by atoms with Gasteiger partial charge in [0.05, 0.1) is 12.0 Å². The molecular weight excluding hydrogens is 348 g/mol. The Labute approximate surface area is 146 Å². The molecule has 25 heavy (non-hydrogen) atoms. The first-order valence-electron chi connectivity index (χ1n) is 7.63. The van der Waals surface area contributed by atoms with E-state index in [-0.39, 0.29) is 23.0 Å². The molecule has 1 saturated heterocycles. The van der Waals surface area contributed by atoms with E-state index >= 15 is 0 Å². The second kappa shape index (κ2) is 6.98. The summed E-state index contributed by atoms with van der Waals surface area (Å²) in [4.78, 5) is 23.7. The van der Waals surface area contributed by atoms with Crippen LogP contribution in [0.15, 0.2) is 23.1 Å². The molecule has 1 aliphatic rings. The summed E-state index contributed by atoms with van der Waals surface area (Å²) in [6, 6.07) is 3.46. The first-order valence-corrected chi connectivity index (χ1v) is 9.11. The number of hydrogen-bond donors (Lipinski definition) is 4. The summed E-state index contributed by atoms with van der Waals surface area (Å²) in [5.41, 5.74) is -1.17. The fourth-order valence-electron chi connectivity index (χ4n) is 2.40. The van der Waals surface area contributed by atoms with Crippen molar-refractivity contribution in [2.24, 2.45) is 0 Å². The van der Waals surface area contributed by atoms with Crippen molar-refractivity contribution in [1.29, 1.82) is 0 Å². The molecule has 0 aliphatic carbocycles. The average molecular weight is 370 g/mol. The Morgan fingerprint density at radius 3 is 2.52 bits per heavy atom. The van der Waals surface area contributed by atoms with E-state index in [9.17, 15) is 18.0 Å². The number of carbonyl (C=O) groups is 2. The lowest BCUT2D eigenvalue weighted by Gasteiger charge is -2.24. The summed E-state index contributed by atoms with van der Waals surface area (Å²) < 4.78 is 32.7. The van der Waals surface area contributed by atoms with Crippen molar-refractivity contribution in [3.05, 3.63) is 23.8 Å². The number of methoxy groups -OCH3 is 1. The van der Waals surface area contributed by atoms with Crippen molar-refractivity contribution < 1.29 is 22.7 Å². The Balaban J connectivity index is 2.44. The number of urea groups is 1. The zero-order chi connectivity index (χ0) is 18.8. The Kier molecular flexibility index (Phi) is 5.35. The van der Waals surface area contributed by atoms with Gasteiger partial charge in [-0.25, -0.2) is 17.9 Å². The second-order valence-electron chi connectivity index (χ2n) is 5.94. The van der Waals surface area contributed by atoms with E-state index in [0.29, 0.717) is 5.75 Å². The van der Waals surface area contributed by atoms with Gasteiger partial charge in [-0.3, -0.25) is 10.1 Å². The molecule has 0 aromatic heterocycles. The van der Waals surface area contributed by atoms with Crippen LogP contribution in [0.2, 0.25) is 0 Å². The highest BCUT2D eigenvalue weighted by Gasteiger charge is 2.45. The van der Waals surface area contributed by atoms with Crippen LogP contribution in [-0.2, 0) is 20.4 Å². The number of amides is 3. The number of ether oxygens (including phenoxy) is 1. The summed E-state index contributed by atoms with van der Waals surface area (Å²) in [5.74, 6) is -0.287. The Bertz CT molecular complexity index is 795. The van der Waals surface area contributed by atoms with Gasteiger partial charge in [0.15, 0.2) is 0 Å². The zero-order valence-corrected chi connectivity index (χ0v) is 15.3. The van der Waals surface area contributed by atoms with Crippen LogP contribution in [0.5, 0.6) is 5.75 Å². The monoisotopic (exact) mass is 370 g/mol. The molecule has 9 nitrogen and oxygen atoms in total. The summed E-state index contributed by atoms with van der Waals surface area (Å²) in [5, 5.41) is 7.58. The second-order valence-corrected chi connectivity index (χ2v) is 7.70. The maximum atomic E-state index is 12.5. The van der Waals surface area contributed by atoms with Gasteiger partial charge < -0.3 is 15.4 Å². The third-order valence-electron chi connectivity index (χ3n) is 4.14. The first kappa shape index (κ1) is 19.2. The van der Waals surface area contributed by atoms with Gasteiger partial charge in [0.25, 0.3) is 5.91 Å². The molecule has 3 amide bonds. The van der Waals surface area contributed by atoms with E-state index in [0.717, 1.165) is 0 Å². The number of carbonyl (C=O) groups excluding carboxylic acids is 2. The SMILES string of the molecule is CNC(C)CNS(=O)(=O)c1ccc(OC)c(C2(C)NC(=O)NC2=O)c1. The van der Waals surface area contributed by atoms with Gasteiger partial charge >= 0.3 is 6.03 Å². The van der Waals surface area contributed by atoms with Gasteiger partial charge in [-0.1, -0.05) is 0 Å². The fraction of sp³-hybridized carbons (Fsp3) is 0.467. The normalized spacial score (nSPS) is 21.6. The van der Waals surface area contributed by atoms with E-state index in [1.807, 2.05) is 6.92 Å². The first-order chi connectivity index (χ1) is 11.6. The number of likely N-dealkylation sites (N-methyl/N-ethyl adjacent to an activating group) is 1. The summed E-state index contributed by atoms with van der Waals surface area (Å²) in [7, 11) is -0.661. The summed E-state index contributed by atoms with van der Waals surface area (Å²) in [6.07, 6.45) is 0. The van der Waals surface area contributed by atoms with Crippen molar-refractivity contribution in [3.8, 4) is 5.75 Å². The third-order valence-corrected chi connectivity index (χ3v) is 5.56. The molecule has 0 spiro atoms. The van der Waals surface area contributed by atoms with Crippen LogP contribution in [-0.4, -0.2) is 47.1 Å². The van der Waals surface area contributed by atoms with Crippen LogP contribution in [0, 0.1) is 0 Å².